The number of hydrogen-bond acceptors (Lipinski definition) is 14. The number of allylic oxidation sites excluding steroid dienone is 2. The lowest BCUT2D eigenvalue weighted by Gasteiger charge is -2.29. The van der Waals surface area contributed by atoms with Crippen molar-refractivity contribution in [2.75, 3.05) is 80.8 Å². The molecule has 0 rings (SSSR count). The van der Waals surface area contributed by atoms with Crippen molar-refractivity contribution < 1.29 is 76.4 Å². The molecule has 0 aromatic rings. The summed E-state index contributed by atoms with van der Waals surface area (Å²) >= 11 is 0. The fraction of sp³-hybridized carbons (Fsp3) is 0.828. The van der Waals surface area contributed by atoms with Crippen LogP contribution in [-0.4, -0.2) is 160 Å². The highest BCUT2D eigenvalue weighted by Crippen LogP contribution is 2.17. The van der Waals surface area contributed by atoms with Gasteiger partial charge in [-0.2, -0.15) is 0 Å². The summed E-state index contributed by atoms with van der Waals surface area (Å²) in [6, 6.07) is 0. The minimum atomic E-state index is -0.875. The molecule has 0 aromatic heterocycles. The number of nitrogens with zero attached hydrogens (tertiary/aromatic N) is 2. The average molecular weight is 1060 g/mol. The van der Waals surface area contributed by atoms with Crippen molar-refractivity contribution in [2.45, 2.75) is 232 Å². The van der Waals surface area contributed by atoms with Gasteiger partial charge >= 0.3 is 35.8 Å². The number of rotatable bonds is 49. The van der Waals surface area contributed by atoms with Gasteiger partial charge in [0.25, 0.3) is 0 Å². The SMILES string of the molecule is CCCCCC(OC(=O)C[N+](C)(C)CCOC(C)=O)C(O)C=CCCCCCCCC(=O)OCCCCCCCCOC(=O)CCCCCCCC=CC(O)C(CCCCC)OC(=O)C[N+](C)(C)CCOC(C)=O. The number of esters is 6. The van der Waals surface area contributed by atoms with E-state index in [1.165, 1.54) is 13.8 Å². The second-order valence-corrected chi connectivity index (χ2v) is 21.4. The largest absolute Gasteiger partial charge is 0.466 e. The zero-order valence-corrected chi connectivity index (χ0v) is 47.8. The number of aliphatic hydroxyl groups is 2. The van der Waals surface area contributed by atoms with Crippen LogP contribution in [0.3, 0.4) is 0 Å². The van der Waals surface area contributed by atoms with Crippen molar-refractivity contribution in [2.24, 2.45) is 0 Å². The Hall–Kier alpha value is -3.86. The molecule has 2 N–H and O–H groups in total. The van der Waals surface area contributed by atoms with Gasteiger partial charge in [0.2, 0.25) is 0 Å². The molecule has 430 valence electrons. The number of likely N-dealkylation sites (N-methyl/N-ethyl adjacent to an activating group) is 2. The third-order valence-corrected chi connectivity index (χ3v) is 12.9. The summed E-state index contributed by atoms with van der Waals surface area (Å²) in [6.45, 7) is 9.46. The van der Waals surface area contributed by atoms with Gasteiger partial charge in [-0.25, -0.2) is 9.59 Å². The molecule has 74 heavy (non-hydrogen) atoms. The summed E-state index contributed by atoms with van der Waals surface area (Å²) in [6.07, 6.45) is 29.3. The standard InChI is InChI=1S/C58H106N2O14/c1-9-11-27-37-53(73-57(67)47-59(5,6)41-45-69-49(3)61)51(63)35-29-21-15-13-17-23-31-39-55(65)71-43-33-25-19-20-26-34-44-72-56(66)40-32-24-18-14-16-22-30-36-52(64)54(38-28-12-10-2)74-58(68)48-60(7,8)42-46-70-50(4)62/h29-30,35-36,51-54,63-64H,9-28,31-34,37-48H2,1-8H3/q+2. The van der Waals surface area contributed by atoms with Crippen LogP contribution in [-0.2, 0) is 57.2 Å². The minimum Gasteiger partial charge on any atom is -0.466 e. The maximum atomic E-state index is 12.8. The van der Waals surface area contributed by atoms with E-state index in [2.05, 4.69) is 13.8 Å². The maximum absolute atomic E-state index is 12.8. The summed E-state index contributed by atoms with van der Waals surface area (Å²) < 4.78 is 33.0. The van der Waals surface area contributed by atoms with Crippen LogP contribution < -0.4 is 0 Å². The fourth-order valence-electron chi connectivity index (χ4n) is 8.20. The monoisotopic (exact) mass is 1050 g/mol. The lowest BCUT2D eigenvalue weighted by atomic mass is 10.0. The molecule has 0 heterocycles. The molecular weight excluding hydrogens is 949 g/mol. The lowest BCUT2D eigenvalue weighted by Crippen LogP contribution is -2.47. The van der Waals surface area contributed by atoms with Gasteiger partial charge in [-0.1, -0.05) is 128 Å². The van der Waals surface area contributed by atoms with Crippen molar-refractivity contribution in [1.29, 1.82) is 0 Å². The van der Waals surface area contributed by atoms with Crippen LogP contribution in [0.2, 0.25) is 0 Å². The summed E-state index contributed by atoms with van der Waals surface area (Å²) in [5.74, 6) is -1.75. The number of hydrogen-bond donors (Lipinski definition) is 2. The van der Waals surface area contributed by atoms with Crippen molar-refractivity contribution in [3.63, 3.8) is 0 Å². The number of unbranched alkanes of at least 4 members (excludes halogenated alkanes) is 19. The Morgan fingerprint density at radius 1 is 0.419 bits per heavy atom. The zero-order chi connectivity index (χ0) is 55.3. The number of quaternary nitrogens is 2. The molecule has 16 heteroatoms. The highest BCUT2D eigenvalue weighted by atomic mass is 16.6. The van der Waals surface area contributed by atoms with Gasteiger partial charge in [-0.3, -0.25) is 19.2 Å². The van der Waals surface area contributed by atoms with Crippen LogP contribution in [0, 0.1) is 0 Å². The van der Waals surface area contributed by atoms with E-state index in [4.69, 9.17) is 28.4 Å². The topological polar surface area (TPSA) is 198 Å². The minimum absolute atomic E-state index is 0.114. The molecule has 4 unspecified atom stereocenters. The number of aliphatic hydroxyl groups excluding tert-OH is 2. The third-order valence-electron chi connectivity index (χ3n) is 12.9. The van der Waals surface area contributed by atoms with Gasteiger partial charge in [-0.15, -0.1) is 0 Å². The highest BCUT2D eigenvalue weighted by molar-refractivity contribution is 5.71. The van der Waals surface area contributed by atoms with Crippen molar-refractivity contribution in [3.05, 3.63) is 24.3 Å². The molecule has 0 aromatic carbocycles. The first-order chi connectivity index (χ1) is 35.3. The predicted octanol–water partition coefficient (Wildman–Crippen LogP) is 9.97. The van der Waals surface area contributed by atoms with Crippen molar-refractivity contribution in [3.8, 4) is 0 Å². The normalized spacial score (nSPS) is 13.6. The van der Waals surface area contributed by atoms with Gasteiger partial charge < -0.3 is 47.6 Å². The first kappa shape index (κ1) is 70.1. The molecular formula is C58H106N2O14+2. The summed E-state index contributed by atoms with van der Waals surface area (Å²) in [7, 11) is 7.50. The Morgan fingerprint density at radius 2 is 0.757 bits per heavy atom. The quantitative estimate of drug-likeness (QED) is 0.0192. The molecule has 0 radical (unpaired) electrons. The Balaban J connectivity index is 4.00. The molecule has 0 fully saturated rings. The average Bonchev–Trinajstić information content (AvgIpc) is 3.32. The van der Waals surface area contributed by atoms with Gasteiger partial charge in [-0.05, 0) is 77.0 Å². The molecule has 4 atom stereocenters. The molecule has 0 spiro atoms. The van der Waals surface area contributed by atoms with Crippen molar-refractivity contribution in [1.82, 2.24) is 0 Å². The number of carbonyl (C=O) groups excluding carboxylic acids is 6. The van der Waals surface area contributed by atoms with Crippen molar-refractivity contribution >= 4 is 35.8 Å². The van der Waals surface area contributed by atoms with Crippen LogP contribution in [0.5, 0.6) is 0 Å². The van der Waals surface area contributed by atoms with Gasteiger partial charge in [0.15, 0.2) is 13.1 Å². The molecule has 0 saturated carbocycles. The summed E-state index contributed by atoms with van der Waals surface area (Å²) in [4.78, 5) is 72.1. The Labute approximate surface area is 447 Å². The molecule has 0 aliphatic carbocycles. The van der Waals surface area contributed by atoms with Crippen LogP contribution in [0.1, 0.15) is 207 Å². The highest BCUT2D eigenvalue weighted by Gasteiger charge is 2.28. The summed E-state index contributed by atoms with van der Waals surface area (Å²) in [5.41, 5.74) is 0. The third kappa shape index (κ3) is 44.4. The number of carbonyl (C=O) groups is 6. The molecule has 0 amide bonds. The van der Waals surface area contributed by atoms with Gasteiger partial charge in [0.1, 0.15) is 50.7 Å². The maximum Gasteiger partial charge on any atom is 0.362 e. The van der Waals surface area contributed by atoms with E-state index in [1.807, 2.05) is 40.3 Å². The molecule has 0 bridgehead atoms. The second kappa shape index (κ2) is 45.3. The number of ether oxygens (including phenoxy) is 6. The first-order valence-corrected chi connectivity index (χ1v) is 28.6. The Morgan fingerprint density at radius 3 is 1.11 bits per heavy atom. The van der Waals surface area contributed by atoms with Crippen LogP contribution in [0.15, 0.2) is 24.3 Å². The molecule has 16 nitrogen and oxygen atoms in total. The molecule has 0 aliphatic rings. The van der Waals surface area contributed by atoms with E-state index in [0.717, 1.165) is 154 Å². The van der Waals surface area contributed by atoms with E-state index < -0.39 is 24.4 Å². The smallest absolute Gasteiger partial charge is 0.362 e. The van der Waals surface area contributed by atoms with E-state index in [1.54, 1.807) is 12.2 Å². The van der Waals surface area contributed by atoms with Crippen LogP contribution >= 0.6 is 0 Å². The first-order valence-electron chi connectivity index (χ1n) is 28.6. The van der Waals surface area contributed by atoms with Crippen LogP contribution in [0.4, 0.5) is 0 Å². The Kier molecular flexibility index (Phi) is 43.0. The van der Waals surface area contributed by atoms with E-state index >= 15 is 0 Å². The fourth-order valence-corrected chi connectivity index (χ4v) is 8.20. The molecule has 0 aliphatic heterocycles. The Bertz CT molecular complexity index is 1440. The van der Waals surface area contributed by atoms with E-state index in [-0.39, 0.29) is 62.1 Å². The second-order valence-electron chi connectivity index (χ2n) is 21.4. The van der Waals surface area contributed by atoms with Crippen LogP contribution in [0.25, 0.3) is 0 Å². The molecule has 0 saturated heterocycles. The summed E-state index contributed by atoms with van der Waals surface area (Å²) in [5, 5.41) is 21.7. The predicted molar refractivity (Wildman–Crippen MR) is 290 cm³/mol. The van der Waals surface area contributed by atoms with E-state index in [0.29, 0.717) is 61.0 Å². The van der Waals surface area contributed by atoms with Gasteiger partial charge in [0, 0.05) is 26.7 Å². The lowest BCUT2D eigenvalue weighted by molar-refractivity contribution is -0.883. The van der Waals surface area contributed by atoms with Gasteiger partial charge in [0.05, 0.1) is 41.4 Å². The zero-order valence-electron chi connectivity index (χ0n) is 47.8. The van der Waals surface area contributed by atoms with E-state index in [9.17, 15) is 39.0 Å².